The number of hydrogen-bond acceptors (Lipinski definition) is 0. The summed E-state index contributed by atoms with van der Waals surface area (Å²) in [4.78, 5) is 0. The van der Waals surface area contributed by atoms with E-state index in [1.165, 1.54) is 128 Å². The minimum atomic E-state index is -0.0209. The summed E-state index contributed by atoms with van der Waals surface area (Å²) in [6.07, 6.45) is 30.2. The summed E-state index contributed by atoms with van der Waals surface area (Å²) < 4.78 is 0. The molecule has 0 nitrogen and oxygen atoms in total. The molecule has 5 rings (SSSR count). The predicted molar refractivity (Wildman–Crippen MR) is 166 cm³/mol. The molecule has 2 heteroatoms. The quantitative estimate of drug-likeness (QED) is 0.323. The summed E-state index contributed by atoms with van der Waals surface area (Å²) >= 11 is 0. The Kier molecular flexibility index (Phi) is 9.95. The van der Waals surface area contributed by atoms with Gasteiger partial charge in [0.1, 0.15) is 0 Å². The minimum absolute atomic E-state index is 0.0209. The van der Waals surface area contributed by atoms with Crippen LogP contribution in [0, 0.1) is 0 Å². The van der Waals surface area contributed by atoms with Gasteiger partial charge >= 0.3 is 0 Å². The zero-order chi connectivity index (χ0) is 25.0. The fraction of sp³-hybridized carbons (Fsp3) is 0.824. The van der Waals surface area contributed by atoms with Gasteiger partial charge in [0.2, 0.25) is 0 Å². The van der Waals surface area contributed by atoms with Gasteiger partial charge in [-0.25, -0.2) is 0 Å². The Morgan fingerprint density at radius 1 is 0.444 bits per heavy atom. The van der Waals surface area contributed by atoms with Crippen molar-refractivity contribution in [1.82, 2.24) is 0 Å². The molecular formula is C34H56P2. The van der Waals surface area contributed by atoms with Crippen molar-refractivity contribution in [2.45, 2.75) is 177 Å². The second kappa shape index (κ2) is 13.0. The molecule has 0 unspecified atom stereocenters. The smallest absolute Gasteiger partial charge is 0.0131 e. The molecule has 4 saturated carbocycles. The monoisotopic (exact) mass is 526 g/mol. The van der Waals surface area contributed by atoms with Crippen molar-refractivity contribution >= 4 is 26.5 Å². The van der Waals surface area contributed by atoms with Crippen LogP contribution in [0.4, 0.5) is 0 Å². The van der Waals surface area contributed by atoms with Crippen molar-refractivity contribution < 1.29 is 0 Å². The van der Waals surface area contributed by atoms with Crippen molar-refractivity contribution in [2.24, 2.45) is 0 Å². The molecule has 36 heavy (non-hydrogen) atoms. The lowest BCUT2D eigenvalue weighted by atomic mass is 9.87. The molecule has 0 atom stereocenters. The zero-order valence-electron chi connectivity index (χ0n) is 24.1. The van der Waals surface area contributed by atoms with E-state index < -0.39 is 0 Å². The second-order valence-electron chi connectivity index (χ2n) is 14.0. The van der Waals surface area contributed by atoms with Gasteiger partial charge in [-0.15, -0.1) is 0 Å². The van der Waals surface area contributed by atoms with Crippen LogP contribution in [0.5, 0.6) is 0 Å². The maximum atomic E-state index is 2.90. The molecule has 1 aromatic rings. The predicted octanol–water partition coefficient (Wildman–Crippen LogP) is 10.5. The van der Waals surface area contributed by atoms with Gasteiger partial charge in [0.05, 0.1) is 0 Å². The molecule has 0 spiro atoms. The number of rotatable bonds is 6. The molecule has 0 amide bonds. The van der Waals surface area contributed by atoms with Gasteiger partial charge in [-0.3, -0.25) is 0 Å². The maximum absolute atomic E-state index is 2.90. The maximum Gasteiger partial charge on any atom is -0.0131 e. The second-order valence-corrected chi connectivity index (χ2v) is 19.6. The highest BCUT2D eigenvalue weighted by Gasteiger charge is 2.36. The Morgan fingerprint density at radius 2 is 0.722 bits per heavy atom. The van der Waals surface area contributed by atoms with E-state index in [1.807, 2.05) is 10.6 Å². The molecule has 4 fully saturated rings. The van der Waals surface area contributed by atoms with Crippen LogP contribution in [0.1, 0.15) is 155 Å². The average Bonchev–Trinajstić information content (AvgIpc) is 2.91. The molecule has 4 aliphatic carbocycles. The van der Waals surface area contributed by atoms with E-state index in [9.17, 15) is 0 Å². The van der Waals surface area contributed by atoms with Gasteiger partial charge in [-0.1, -0.05) is 126 Å². The first-order chi connectivity index (χ1) is 17.5. The van der Waals surface area contributed by atoms with Crippen LogP contribution < -0.4 is 10.6 Å². The van der Waals surface area contributed by atoms with Crippen LogP contribution in [-0.4, -0.2) is 22.6 Å². The summed E-state index contributed by atoms with van der Waals surface area (Å²) in [6.45, 7) is 7.47. The standard InChI is InChI=1S/C34H56P2/c1-34(2,3)27-24-32(35(28-16-8-4-9-17-28)29-18-10-5-11-19-29)26-33(25-27)36(30-20-12-6-13-21-30)31-22-14-7-15-23-31/h24-26,28-31H,4-23H2,1-3H3. The van der Waals surface area contributed by atoms with Crippen molar-refractivity contribution in [3.63, 3.8) is 0 Å². The van der Waals surface area contributed by atoms with E-state index in [0.29, 0.717) is 0 Å². The van der Waals surface area contributed by atoms with Gasteiger partial charge in [-0.2, -0.15) is 0 Å². The van der Waals surface area contributed by atoms with Crippen molar-refractivity contribution in [3.8, 4) is 0 Å². The van der Waals surface area contributed by atoms with Crippen LogP contribution in [0.15, 0.2) is 18.2 Å². The highest BCUT2D eigenvalue weighted by Crippen LogP contribution is 2.58. The van der Waals surface area contributed by atoms with Crippen LogP contribution in [0.2, 0.25) is 0 Å². The first kappa shape index (κ1) is 27.6. The highest BCUT2D eigenvalue weighted by molar-refractivity contribution is 7.68. The molecule has 202 valence electrons. The van der Waals surface area contributed by atoms with Gasteiger partial charge in [0, 0.05) is 0 Å². The lowest BCUT2D eigenvalue weighted by Crippen LogP contribution is -2.32. The van der Waals surface area contributed by atoms with Crippen LogP contribution in [0.3, 0.4) is 0 Å². The molecular weight excluding hydrogens is 470 g/mol. The van der Waals surface area contributed by atoms with Gasteiger partial charge < -0.3 is 0 Å². The Labute approximate surface area is 227 Å². The highest BCUT2D eigenvalue weighted by atomic mass is 31.1. The molecule has 0 radical (unpaired) electrons. The number of hydrogen-bond donors (Lipinski definition) is 0. The third kappa shape index (κ3) is 6.80. The molecule has 0 aromatic heterocycles. The molecule has 0 aliphatic heterocycles. The summed E-state index contributed by atoms with van der Waals surface area (Å²) in [5.74, 6) is 0. The first-order valence-electron chi connectivity index (χ1n) is 16.2. The summed E-state index contributed by atoms with van der Waals surface area (Å²) in [6, 6.07) is 8.44. The molecule has 0 bridgehead atoms. The Balaban J connectivity index is 1.57. The fourth-order valence-electron chi connectivity index (χ4n) is 8.20. The molecule has 0 saturated heterocycles. The van der Waals surface area contributed by atoms with E-state index in [2.05, 4.69) is 39.0 Å². The van der Waals surface area contributed by atoms with E-state index >= 15 is 0 Å². The third-order valence-corrected chi connectivity index (χ3v) is 17.2. The molecule has 0 heterocycles. The van der Waals surface area contributed by atoms with E-state index in [1.54, 1.807) is 5.56 Å². The van der Waals surface area contributed by atoms with E-state index in [-0.39, 0.29) is 21.3 Å². The summed E-state index contributed by atoms with van der Waals surface area (Å²) in [7, 11) is -0.0419. The molecule has 0 N–H and O–H groups in total. The lowest BCUT2D eigenvalue weighted by molar-refractivity contribution is 0.486. The Morgan fingerprint density at radius 3 is 0.972 bits per heavy atom. The average molecular weight is 527 g/mol. The van der Waals surface area contributed by atoms with Crippen molar-refractivity contribution in [1.29, 1.82) is 0 Å². The first-order valence-corrected chi connectivity index (χ1v) is 19.2. The van der Waals surface area contributed by atoms with Crippen LogP contribution in [0.25, 0.3) is 0 Å². The topological polar surface area (TPSA) is 0 Å². The van der Waals surface area contributed by atoms with E-state index in [4.69, 9.17) is 0 Å². The minimum Gasteiger partial charge on any atom is -0.0689 e. The largest absolute Gasteiger partial charge is 0.0689 e. The Hall–Kier alpha value is 0.0800. The van der Waals surface area contributed by atoms with E-state index in [0.717, 1.165) is 22.6 Å². The third-order valence-electron chi connectivity index (χ3n) is 10.2. The van der Waals surface area contributed by atoms with Crippen molar-refractivity contribution in [3.05, 3.63) is 23.8 Å². The lowest BCUT2D eigenvalue weighted by Gasteiger charge is -2.42. The summed E-state index contributed by atoms with van der Waals surface area (Å²) in [5, 5.41) is 3.73. The van der Waals surface area contributed by atoms with Gasteiger partial charge in [-0.05, 0) is 102 Å². The molecule has 1 aromatic carbocycles. The zero-order valence-corrected chi connectivity index (χ0v) is 25.9. The van der Waals surface area contributed by atoms with Gasteiger partial charge in [0.25, 0.3) is 0 Å². The Bertz CT molecular complexity index is 705. The SMILES string of the molecule is CC(C)(C)c1cc(P(C2CCCCC2)C2CCCCC2)cc(P(C2CCCCC2)C2CCCCC2)c1. The van der Waals surface area contributed by atoms with Crippen LogP contribution in [-0.2, 0) is 5.41 Å². The number of benzene rings is 1. The normalized spacial score (nSPS) is 24.6. The van der Waals surface area contributed by atoms with Crippen molar-refractivity contribution in [2.75, 3.05) is 0 Å². The van der Waals surface area contributed by atoms with Gasteiger partial charge in [0.15, 0.2) is 0 Å². The fourth-order valence-corrected chi connectivity index (χ4v) is 16.0. The summed E-state index contributed by atoms with van der Waals surface area (Å²) in [5.41, 5.74) is 5.97. The van der Waals surface area contributed by atoms with Crippen LogP contribution >= 0.6 is 15.8 Å². The molecule has 4 aliphatic rings.